The van der Waals surface area contributed by atoms with Crippen LogP contribution in [0, 0.1) is 11.5 Å². The summed E-state index contributed by atoms with van der Waals surface area (Å²) in [6.07, 6.45) is 4.11. The fourth-order valence-electron chi connectivity index (χ4n) is 2.72. The lowest BCUT2D eigenvalue weighted by molar-refractivity contribution is 0.623. The summed E-state index contributed by atoms with van der Waals surface area (Å²) in [5.74, 6) is 3.27. The van der Waals surface area contributed by atoms with Gasteiger partial charge in [0.1, 0.15) is 8.07 Å². The maximum absolute atomic E-state index is 4.67. The minimum atomic E-state index is -1.36. The summed E-state index contributed by atoms with van der Waals surface area (Å²) in [5, 5.41) is 1.25. The van der Waals surface area contributed by atoms with E-state index in [0.717, 1.165) is 11.3 Å². The number of fused-ring (bicyclic) bond motifs is 1. The third-order valence-electron chi connectivity index (χ3n) is 3.92. The van der Waals surface area contributed by atoms with Gasteiger partial charge in [-0.25, -0.2) is 0 Å². The lowest BCUT2D eigenvalue weighted by Crippen LogP contribution is -2.16. The molecule has 0 saturated carbocycles. The van der Waals surface area contributed by atoms with Gasteiger partial charge < -0.3 is 4.57 Å². The maximum atomic E-state index is 4.67. The number of hydrogen-bond donors (Lipinski definition) is 0. The molecule has 2 nitrogen and oxygen atoms in total. The Morgan fingerprint density at radius 3 is 2.42 bits per heavy atom. The van der Waals surface area contributed by atoms with Gasteiger partial charge >= 0.3 is 0 Å². The molecule has 122 valence electrons. The Balaban J connectivity index is 2.03. The molecule has 0 fully saturated rings. The van der Waals surface area contributed by atoms with E-state index in [9.17, 15) is 0 Å². The average molecular weight is 333 g/mol. The lowest BCUT2D eigenvalue weighted by Gasteiger charge is -2.08. The van der Waals surface area contributed by atoms with Crippen LogP contribution in [0.5, 0.6) is 0 Å². The van der Waals surface area contributed by atoms with Crippen LogP contribution in [-0.2, 0) is 0 Å². The van der Waals surface area contributed by atoms with E-state index in [2.05, 4.69) is 97.1 Å². The monoisotopic (exact) mass is 332 g/mol. The van der Waals surface area contributed by atoms with Crippen LogP contribution in [0.4, 0.5) is 0 Å². The van der Waals surface area contributed by atoms with Crippen molar-refractivity contribution in [3.05, 3.63) is 54.4 Å². The molecule has 2 heterocycles. The summed E-state index contributed by atoms with van der Waals surface area (Å²) in [7, 11) is -1.36. The Morgan fingerprint density at radius 2 is 1.79 bits per heavy atom. The van der Waals surface area contributed by atoms with Gasteiger partial charge in [-0.1, -0.05) is 43.8 Å². The third kappa shape index (κ3) is 3.44. The van der Waals surface area contributed by atoms with Crippen LogP contribution < -0.4 is 0 Å². The SMILES string of the molecule is CC(C)n1cc(-c2ccc(C#C[Si](C)(C)C)cn2)c2ccccc21. The molecule has 2 aromatic heterocycles. The molecule has 0 saturated heterocycles. The fraction of sp³-hybridized carbons (Fsp3) is 0.286. The second-order valence-electron chi connectivity index (χ2n) is 7.49. The van der Waals surface area contributed by atoms with E-state index in [0.29, 0.717) is 6.04 Å². The largest absolute Gasteiger partial charge is 0.344 e. The van der Waals surface area contributed by atoms with Gasteiger partial charge in [0, 0.05) is 40.5 Å². The predicted octanol–water partition coefficient (Wildman–Crippen LogP) is 5.51. The lowest BCUT2D eigenvalue weighted by atomic mass is 10.1. The van der Waals surface area contributed by atoms with Crippen molar-refractivity contribution >= 4 is 19.0 Å². The maximum Gasteiger partial charge on any atom is 0.129 e. The Labute approximate surface area is 145 Å². The number of benzene rings is 1. The molecule has 3 rings (SSSR count). The number of aromatic nitrogens is 2. The molecule has 24 heavy (non-hydrogen) atoms. The van der Waals surface area contributed by atoms with Crippen LogP contribution in [0.3, 0.4) is 0 Å². The molecule has 0 spiro atoms. The molecule has 0 amide bonds. The van der Waals surface area contributed by atoms with Crippen molar-refractivity contribution in [3.63, 3.8) is 0 Å². The molecule has 0 radical (unpaired) electrons. The topological polar surface area (TPSA) is 17.8 Å². The standard InChI is InChI=1S/C21H24N2Si/c1-16(2)23-15-19(18-8-6-7-9-21(18)23)20-11-10-17(14-22-20)12-13-24(3,4)5/h6-11,14-16H,1-5H3. The smallest absolute Gasteiger partial charge is 0.129 e. The molecule has 3 aromatic rings. The second kappa shape index (κ2) is 6.30. The first kappa shape index (κ1) is 16.5. The van der Waals surface area contributed by atoms with Crippen molar-refractivity contribution < 1.29 is 0 Å². The van der Waals surface area contributed by atoms with Crippen molar-refractivity contribution in [1.29, 1.82) is 0 Å². The average Bonchev–Trinajstić information content (AvgIpc) is 2.93. The minimum absolute atomic E-state index is 0.422. The molecule has 0 atom stereocenters. The first-order valence-corrected chi connectivity index (χ1v) is 11.9. The fourth-order valence-corrected chi connectivity index (χ4v) is 3.24. The Kier molecular flexibility index (Phi) is 4.34. The van der Waals surface area contributed by atoms with Crippen molar-refractivity contribution in [3.8, 4) is 22.7 Å². The van der Waals surface area contributed by atoms with E-state index in [1.54, 1.807) is 0 Å². The number of hydrogen-bond acceptors (Lipinski definition) is 1. The molecule has 0 bridgehead atoms. The zero-order chi connectivity index (χ0) is 17.3. The predicted molar refractivity (Wildman–Crippen MR) is 106 cm³/mol. The van der Waals surface area contributed by atoms with E-state index >= 15 is 0 Å². The van der Waals surface area contributed by atoms with Crippen LogP contribution >= 0.6 is 0 Å². The summed E-state index contributed by atoms with van der Waals surface area (Å²) in [6, 6.07) is 13.1. The van der Waals surface area contributed by atoms with E-state index in [4.69, 9.17) is 0 Å². The highest BCUT2D eigenvalue weighted by molar-refractivity contribution is 6.83. The Hall–Kier alpha value is -2.31. The Morgan fingerprint density at radius 1 is 1.04 bits per heavy atom. The molecule has 0 aliphatic heterocycles. The van der Waals surface area contributed by atoms with Gasteiger partial charge in [-0.05, 0) is 32.0 Å². The number of nitrogens with zero attached hydrogens (tertiary/aromatic N) is 2. The third-order valence-corrected chi connectivity index (χ3v) is 4.79. The molecule has 0 aliphatic rings. The summed E-state index contributed by atoms with van der Waals surface area (Å²) in [6.45, 7) is 11.2. The van der Waals surface area contributed by atoms with Crippen LogP contribution in [0.2, 0.25) is 19.6 Å². The van der Waals surface area contributed by atoms with Crippen molar-refractivity contribution in [2.75, 3.05) is 0 Å². The van der Waals surface area contributed by atoms with Gasteiger partial charge in [-0.15, -0.1) is 5.54 Å². The highest BCUT2D eigenvalue weighted by atomic mass is 28.3. The zero-order valence-corrected chi connectivity index (χ0v) is 16.1. The number of pyridine rings is 1. The normalized spacial score (nSPS) is 11.6. The minimum Gasteiger partial charge on any atom is -0.344 e. The number of para-hydroxylation sites is 1. The van der Waals surface area contributed by atoms with E-state index in [1.165, 1.54) is 16.5 Å². The van der Waals surface area contributed by atoms with Gasteiger partial charge in [0.05, 0.1) is 5.69 Å². The second-order valence-corrected chi connectivity index (χ2v) is 12.2. The van der Waals surface area contributed by atoms with Crippen molar-refractivity contribution in [2.24, 2.45) is 0 Å². The van der Waals surface area contributed by atoms with Gasteiger partial charge in [-0.2, -0.15) is 0 Å². The van der Waals surface area contributed by atoms with Crippen molar-refractivity contribution in [2.45, 2.75) is 39.5 Å². The first-order valence-electron chi connectivity index (χ1n) is 8.44. The van der Waals surface area contributed by atoms with Crippen LogP contribution in [0.15, 0.2) is 48.8 Å². The summed E-state index contributed by atoms with van der Waals surface area (Å²) < 4.78 is 2.31. The molecule has 1 aromatic carbocycles. The van der Waals surface area contributed by atoms with Gasteiger partial charge in [0.15, 0.2) is 0 Å². The number of rotatable bonds is 2. The molecule has 3 heteroatoms. The molecular weight excluding hydrogens is 308 g/mol. The quantitative estimate of drug-likeness (QED) is 0.447. The molecule has 0 N–H and O–H groups in total. The summed E-state index contributed by atoms with van der Waals surface area (Å²) in [4.78, 5) is 4.67. The first-order chi connectivity index (χ1) is 11.3. The van der Waals surface area contributed by atoms with Gasteiger partial charge in [-0.3, -0.25) is 4.98 Å². The van der Waals surface area contributed by atoms with Gasteiger partial charge in [0.25, 0.3) is 0 Å². The van der Waals surface area contributed by atoms with E-state index in [1.807, 2.05) is 6.20 Å². The summed E-state index contributed by atoms with van der Waals surface area (Å²) in [5.41, 5.74) is 7.83. The Bertz CT molecular complexity index is 916. The molecular formula is C21H24N2Si. The van der Waals surface area contributed by atoms with Gasteiger partial charge in [0.2, 0.25) is 0 Å². The molecule has 0 unspecified atom stereocenters. The van der Waals surface area contributed by atoms with Crippen molar-refractivity contribution in [1.82, 2.24) is 9.55 Å². The van der Waals surface area contributed by atoms with Crippen LogP contribution in [0.25, 0.3) is 22.2 Å². The van der Waals surface area contributed by atoms with E-state index < -0.39 is 8.07 Å². The van der Waals surface area contributed by atoms with Crippen LogP contribution in [0.1, 0.15) is 25.5 Å². The summed E-state index contributed by atoms with van der Waals surface area (Å²) >= 11 is 0. The highest BCUT2D eigenvalue weighted by Crippen LogP contribution is 2.31. The molecule has 0 aliphatic carbocycles. The highest BCUT2D eigenvalue weighted by Gasteiger charge is 2.12. The van der Waals surface area contributed by atoms with Crippen LogP contribution in [-0.4, -0.2) is 17.6 Å². The zero-order valence-electron chi connectivity index (χ0n) is 15.1. The van der Waals surface area contributed by atoms with E-state index in [-0.39, 0.29) is 0 Å².